The van der Waals surface area contributed by atoms with Crippen molar-refractivity contribution in [2.75, 3.05) is 0 Å². The zero-order valence-electron chi connectivity index (χ0n) is 7.16. The highest BCUT2D eigenvalue weighted by Crippen LogP contribution is 2.42. The van der Waals surface area contributed by atoms with Gasteiger partial charge in [0.05, 0.1) is 0 Å². The zero-order chi connectivity index (χ0) is 10.3. The number of hydrogen-bond acceptors (Lipinski definition) is 2. The van der Waals surface area contributed by atoms with Gasteiger partial charge in [0, 0.05) is 12.0 Å². The monoisotopic (exact) mass is 210 g/mol. The molecule has 72 valence electrons. The van der Waals surface area contributed by atoms with Crippen molar-refractivity contribution in [2.24, 2.45) is 0 Å². The third kappa shape index (κ3) is 1.06. The van der Waals surface area contributed by atoms with Gasteiger partial charge in [-0.05, 0) is 5.56 Å². The number of carbonyl (C=O) groups is 2. The van der Waals surface area contributed by atoms with Crippen LogP contribution in [0.2, 0.25) is 0 Å². The summed E-state index contributed by atoms with van der Waals surface area (Å²) in [6.07, 6.45) is -0.163. The number of alkyl halides is 1. The van der Waals surface area contributed by atoms with E-state index in [9.17, 15) is 9.59 Å². The van der Waals surface area contributed by atoms with Crippen LogP contribution in [-0.2, 0) is 9.67 Å². The Balaban J connectivity index is 2.65. The van der Waals surface area contributed by atoms with Crippen LogP contribution in [-0.4, -0.2) is 16.9 Å². The van der Waals surface area contributed by atoms with Crippen LogP contribution < -0.4 is 0 Å². The lowest BCUT2D eigenvalue weighted by Crippen LogP contribution is -2.27. The first-order chi connectivity index (χ1) is 6.55. The highest BCUT2D eigenvalue weighted by atomic mass is 35.5. The molecule has 0 fully saturated rings. The van der Waals surface area contributed by atoms with Crippen molar-refractivity contribution in [3.63, 3.8) is 0 Å². The Morgan fingerprint density at radius 3 is 2.71 bits per heavy atom. The molecule has 0 heterocycles. The Hall–Kier alpha value is -1.35. The van der Waals surface area contributed by atoms with Gasteiger partial charge in [-0.25, -0.2) is 4.79 Å². The van der Waals surface area contributed by atoms with Gasteiger partial charge < -0.3 is 5.11 Å². The maximum atomic E-state index is 11.4. The molecule has 1 atom stereocenters. The van der Waals surface area contributed by atoms with Gasteiger partial charge in [-0.1, -0.05) is 24.3 Å². The molecule has 0 saturated carbocycles. The van der Waals surface area contributed by atoms with Gasteiger partial charge in [-0.15, -0.1) is 11.6 Å². The third-order valence-electron chi connectivity index (χ3n) is 2.40. The van der Waals surface area contributed by atoms with E-state index in [1.165, 1.54) is 0 Å². The normalized spacial score (nSPS) is 24.8. The predicted octanol–water partition coefficient (Wildman–Crippen LogP) is 1.79. The van der Waals surface area contributed by atoms with E-state index in [1.807, 2.05) is 0 Å². The minimum Gasteiger partial charge on any atom is -0.480 e. The summed E-state index contributed by atoms with van der Waals surface area (Å²) in [6, 6.07) is 6.56. The van der Waals surface area contributed by atoms with Gasteiger partial charge in [0.15, 0.2) is 10.7 Å². The highest BCUT2D eigenvalue weighted by molar-refractivity contribution is 6.37. The number of benzene rings is 1. The average molecular weight is 211 g/mol. The van der Waals surface area contributed by atoms with Crippen LogP contribution in [0.4, 0.5) is 0 Å². The standard InChI is InChI=1S/C10H7ClO3/c11-10(9(13)14)5-8(12)6-3-1-2-4-7(6)10/h1-4H,5H2,(H,13,14). The van der Waals surface area contributed by atoms with E-state index in [1.54, 1.807) is 24.3 Å². The molecule has 1 aromatic rings. The van der Waals surface area contributed by atoms with Crippen LogP contribution in [0.1, 0.15) is 22.3 Å². The Kier molecular flexibility index (Phi) is 1.86. The zero-order valence-corrected chi connectivity index (χ0v) is 7.91. The number of carbonyl (C=O) groups excluding carboxylic acids is 1. The number of fused-ring (bicyclic) bond motifs is 1. The summed E-state index contributed by atoms with van der Waals surface area (Å²) in [5, 5.41) is 8.95. The van der Waals surface area contributed by atoms with Crippen LogP contribution in [0, 0.1) is 0 Å². The number of hydrogen-bond donors (Lipinski definition) is 1. The Morgan fingerprint density at radius 2 is 2.07 bits per heavy atom. The highest BCUT2D eigenvalue weighted by Gasteiger charge is 2.47. The first kappa shape index (κ1) is 9.21. The Bertz CT molecular complexity index is 427. The van der Waals surface area contributed by atoms with Crippen LogP contribution in [0.5, 0.6) is 0 Å². The van der Waals surface area contributed by atoms with Gasteiger partial charge in [0.1, 0.15) is 0 Å². The summed E-state index contributed by atoms with van der Waals surface area (Å²) in [6.45, 7) is 0. The number of rotatable bonds is 1. The lowest BCUT2D eigenvalue weighted by molar-refractivity contribution is -0.140. The molecule has 4 heteroatoms. The summed E-state index contributed by atoms with van der Waals surface area (Å²) in [5.41, 5.74) is 0.823. The van der Waals surface area contributed by atoms with Crippen molar-refractivity contribution in [1.29, 1.82) is 0 Å². The first-order valence-electron chi connectivity index (χ1n) is 4.11. The van der Waals surface area contributed by atoms with Gasteiger partial charge in [-0.3, -0.25) is 4.79 Å². The second kappa shape index (κ2) is 2.82. The second-order valence-corrected chi connectivity index (χ2v) is 3.90. The summed E-state index contributed by atoms with van der Waals surface area (Å²) in [4.78, 5) is 20.8. The Labute approximate surface area is 85.3 Å². The van der Waals surface area contributed by atoms with Crippen LogP contribution in [0.15, 0.2) is 24.3 Å². The summed E-state index contributed by atoms with van der Waals surface area (Å²) in [5.74, 6) is -1.38. The number of ketones is 1. The molecule has 2 rings (SSSR count). The summed E-state index contributed by atoms with van der Waals surface area (Å²) >= 11 is 5.91. The molecule has 0 amide bonds. The molecular weight excluding hydrogens is 204 g/mol. The fraction of sp³-hybridized carbons (Fsp3) is 0.200. The molecule has 0 aliphatic heterocycles. The van der Waals surface area contributed by atoms with E-state index in [-0.39, 0.29) is 12.2 Å². The molecule has 3 nitrogen and oxygen atoms in total. The predicted molar refractivity (Wildman–Crippen MR) is 50.6 cm³/mol. The quantitative estimate of drug-likeness (QED) is 0.719. The van der Waals surface area contributed by atoms with Crippen molar-refractivity contribution >= 4 is 23.4 Å². The number of halogens is 1. The molecule has 1 aliphatic rings. The van der Waals surface area contributed by atoms with Gasteiger partial charge in [-0.2, -0.15) is 0 Å². The van der Waals surface area contributed by atoms with E-state index >= 15 is 0 Å². The van der Waals surface area contributed by atoms with E-state index in [0.29, 0.717) is 11.1 Å². The van der Waals surface area contributed by atoms with Crippen molar-refractivity contribution in [1.82, 2.24) is 0 Å². The second-order valence-electron chi connectivity index (χ2n) is 3.25. The molecule has 0 spiro atoms. The van der Waals surface area contributed by atoms with E-state index in [4.69, 9.17) is 16.7 Å². The van der Waals surface area contributed by atoms with Gasteiger partial charge >= 0.3 is 5.97 Å². The molecule has 1 N–H and O–H groups in total. The van der Waals surface area contributed by atoms with Gasteiger partial charge in [0.2, 0.25) is 0 Å². The lowest BCUT2D eigenvalue weighted by atomic mass is 10.0. The number of aliphatic carboxylic acids is 1. The molecule has 1 unspecified atom stereocenters. The maximum absolute atomic E-state index is 11.4. The fourth-order valence-corrected chi connectivity index (χ4v) is 1.96. The van der Waals surface area contributed by atoms with Crippen LogP contribution >= 0.6 is 11.6 Å². The molecule has 0 saturated heterocycles. The summed E-state index contributed by atoms with van der Waals surface area (Å²) in [7, 11) is 0. The third-order valence-corrected chi connectivity index (χ3v) is 2.90. The van der Waals surface area contributed by atoms with Crippen molar-refractivity contribution in [3.05, 3.63) is 35.4 Å². The summed E-state index contributed by atoms with van der Waals surface area (Å²) < 4.78 is 0. The van der Waals surface area contributed by atoms with Crippen molar-refractivity contribution in [3.8, 4) is 0 Å². The molecule has 1 aromatic carbocycles. The van der Waals surface area contributed by atoms with Gasteiger partial charge in [0.25, 0.3) is 0 Å². The van der Waals surface area contributed by atoms with E-state index in [2.05, 4.69) is 0 Å². The largest absolute Gasteiger partial charge is 0.480 e. The first-order valence-corrected chi connectivity index (χ1v) is 4.48. The minimum atomic E-state index is -1.56. The molecule has 0 aromatic heterocycles. The van der Waals surface area contributed by atoms with Crippen LogP contribution in [0.3, 0.4) is 0 Å². The molecule has 0 radical (unpaired) electrons. The molecule has 1 aliphatic carbocycles. The number of carboxylic acids is 1. The molecule has 0 bridgehead atoms. The number of Topliss-reactive ketones (excluding diaryl/α,β-unsaturated/α-hetero) is 1. The minimum absolute atomic E-state index is 0.163. The molecular formula is C10H7ClO3. The molecule has 14 heavy (non-hydrogen) atoms. The maximum Gasteiger partial charge on any atom is 0.329 e. The SMILES string of the molecule is O=C1CC(Cl)(C(=O)O)c2ccccc21. The van der Waals surface area contributed by atoms with Crippen molar-refractivity contribution < 1.29 is 14.7 Å². The lowest BCUT2D eigenvalue weighted by Gasteiger charge is -2.15. The van der Waals surface area contributed by atoms with E-state index in [0.717, 1.165) is 0 Å². The fourth-order valence-electron chi connectivity index (χ4n) is 1.67. The average Bonchev–Trinajstić information content (AvgIpc) is 2.42. The van der Waals surface area contributed by atoms with E-state index < -0.39 is 10.8 Å². The van der Waals surface area contributed by atoms with Crippen LogP contribution in [0.25, 0.3) is 0 Å². The Morgan fingerprint density at radius 1 is 1.43 bits per heavy atom. The number of carboxylic acid groups (broad SMARTS) is 1. The topological polar surface area (TPSA) is 54.4 Å². The van der Waals surface area contributed by atoms with Crippen molar-refractivity contribution in [2.45, 2.75) is 11.3 Å². The smallest absolute Gasteiger partial charge is 0.329 e.